The van der Waals surface area contributed by atoms with E-state index in [9.17, 15) is 14.4 Å². The van der Waals surface area contributed by atoms with E-state index >= 15 is 0 Å². The molecule has 2 heterocycles. The number of para-hydroxylation sites is 1. The van der Waals surface area contributed by atoms with E-state index in [2.05, 4.69) is 31.1 Å². The van der Waals surface area contributed by atoms with Crippen molar-refractivity contribution in [2.45, 2.75) is 20.1 Å². The second kappa shape index (κ2) is 8.81. The minimum absolute atomic E-state index is 0.0676. The van der Waals surface area contributed by atoms with Gasteiger partial charge in [-0.25, -0.2) is 14.5 Å². The Labute approximate surface area is 162 Å². The molecule has 2 N–H and O–H groups in total. The van der Waals surface area contributed by atoms with Crippen LogP contribution in [0.1, 0.15) is 23.0 Å². The fourth-order valence-electron chi connectivity index (χ4n) is 2.16. The van der Waals surface area contributed by atoms with Gasteiger partial charge in [0.25, 0.3) is 0 Å². The molecule has 3 aromatic rings. The van der Waals surface area contributed by atoms with Crippen LogP contribution in [0.15, 0.2) is 36.0 Å². The second-order valence-corrected chi connectivity index (χ2v) is 6.36. The molecule has 0 saturated heterocycles. The van der Waals surface area contributed by atoms with Gasteiger partial charge in [0.05, 0.1) is 16.9 Å². The maximum absolute atomic E-state index is 12.4. The molecule has 0 aliphatic carbocycles. The van der Waals surface area contributed by atoms with E-state index < -0.39 is 11.9 Å². The van der Waals surface area contributed by atoms with Crippen LogP contribution < -0.4 is 10.6 Å². The van der Waals surface area contributed by atoms with E-state index in [0.29, 0.717) is 16.5 Å². The lowest BCUT2D eigenvalue weighted by Gasteiger charge is -2.10. The zero-order valence-corrected chi connectivity index (χ0v) is 15.5. The third kappa shape index (κ3) is 5.17. The zero-order valence-electron chi connectivity index (χ0n) is 14.7. The summed E-state index contributed by atoms with van der Waals surface area (Å²) in [5, 5.41) is 17.8. The molecule has 11 nitrogen and oxygen atoms in total. The molecule has 0 fully saturated rings. The molecule has 0 aliphatic rings. The Hall–Kier alpha value is -3.67. The Morgan fingerprint density at radius 3 is 2.79 bits per heavy atom. The standard InChI is InChI=1S/C16H15N7O4S/c1-10(24)18-16-19-11(8-28-16)7-27-15(26)12-4-2-3-5-13(12)20-14(25)6-23-9-17-21-22-23/h2-5,8-9H,6-7H2,1H3,(H,20,25)(H,18,19,24). The third-order valence-corrected chi connectivity index (χ3v) is 4.11. The van der Waals surface area contributed by atoms with Crippen molar-refractivity contribution in [1.29, 1.82) is 0 Å². The molecule has 0 bridgehead atoms. The van der Waals surface area contributed by atoms with Gasteiger partial charge in [-0.1, -0.05) is 12.1 Å². The number of benzene rings is 1. The Balaban J connectivity index is 1.61. The number of carbonyl (C=O) groups is 3. The van der Waals surface area contributed by atoms with Crippen LogP contribution in [0.25, 0.3) is 0 Å². The number of esters is 1. The highest BCUT2D eigenvalue weighted by Crippen LogP contribution is 2.19. The van der Waals surface area contributed by atoms with Crippen LogP contribution in [-0.2, 0) is 27.5 Å². The zero-order chi connectivity index (χ0) is 19.9. The molecule has 0 spiro atoms. The van der Waals surface area contributed by atoms with Crippen molar-refractivity contribution in [2.75, 3.05) is 10.6 Å². The highest BCUT2D eigenvalue weighted by atomic mass is 32.1. The summed E-state index contributed by atoms with van der Waals surface area (Å²) in [6.07, 6.45) is 1.31. The van der Waals surface area contributed by atoms with Gasteiger partial charge in [0, 0.05) is 12.3 Å². The molecule has 1 aromatic carbocycles. The first-order valence-corrected chi connectivity index (χ1v) is 8.88. The van der Waals surface area contributed by atoms with Crippen molar-refractivity contribution in [3.63, 3.8) is 0 Å². The summed E-state index contributed by atoms with van der Waals surface area (Å²) in [7, 11) is 0. The predicted molar refractivity (Wildman–Crippen MR) is 98.4 cm³/mol. The van der Waals surface area contributed by atoms with Crippen molar-refractivity contribution in [3.8, 4) is 0 Å². The number of thiazole rings is 1. The maximum atomic E-state index is 12.4. The van der Waals surface area contributed by atoms with E-state index in [1.54, 1.807) is 29.6 Å². The van der Waals surface area contributed by atoms with Gasteiger partial charge in [0.1, 0.15) is 19.5 Å². The van der Waals surface area contributed by atoms with Crippen LogP contribution in [0.2, 0.25) is 0 Å². The molecule has 0 aliphatic heterocycles. The quantitative estimate of drug-likeness (QED) is 0.560. The first kappa shape index (κ1) is 19.1. The molecule has 2 aromatic heterocycles. The Bertz CT molecular complexity index is 987. The first-order chi connectivity index (χ1) is 13.5. The van der Waals surface area contributed by atoms with Gasteiger partial charge in [-0.2, -0.15) is 0 Å². The monoisotopic (exact) mass is 401 g/mol. The highest BCUT2D eigenvalue weighted by molar-refractivity contribution is 7.13. The number of nitrogens with zero attached hydrogens (tertiary/aromatic N) is 5. The molecule has 2 amide bonds. The first-order valence-electron chi connectivity index (χ1n) is 8.00. The summed E-state index contributed by atoms with van der Waals surface area (Å²) in [5.74, 6) is -1.25. The second-order valence-electron chi connectivity index (χ2n) is 5.50. The minimum atomic E-state index is -0.618. The maximum Gasteiger partial charge on any atom is 0.340 e. The fraction of sp³-hybridized carbons (Fsp3) is 0.188. The molecular weight excluding hydrogens is 386 g/mol. The molecule has 28 heavy (non-hydrogen) atoms. The molecule has 12 heteroatoms. The third-order valence-electron chi connectivity index (χ3n) is 3.30. The van der Waals surface area contributed by atoms with Crippen LogP contribution in [0.3, 0.4) is 0 Å². The van der Waals surface area contributed by atoms with Crippen molar-refractivity contribution in [1.82, 2.24) is 25.2 Å². The average Bonchev–Trinajstić information content (AvgIpc) is 3.31. The number of carbonyl (C=O) groups excluding carboxylic acids is 3. The molecule has 0 saturated carbocycles. The SMILES string of the molecule is CC(=O)Nc1nc(COC(=O)c2ccccc2NC(=O)Cn2cnnn2)cs1. The van der Waals surface area contributed by atoms with Crippen LogP contribution in [-0.4, -0.2) is 43.0 Å². The van der Waals surface area contributed by atoms with Crippen LogP contribution >= 0.6 is 11.3 Å². The summed E-state index contributed by atoms with van der Waals surface area (Å²) < 4.78 is 6.52. The van der Waals surface area contributed by atoms with Gasteiger partial charge in [0.2, 0.25) is 11.8 Å². The lowest BCUT2D eigenvalue weighted by Crippen LogP contribution is -2.21. The molecule has 0 atom stereocenters. The number of amides is 2. The number of anilines is 2. The van der Waals surface area contributed by atoms with Crippen molar-refractivity contribution in [3.05, 3.63) is 47.2 Å². The topological polar surface area (TPSA) is 141 Å². The van der Waals surface area contributed by atoms with Crippen molar-refractivity contribution >= 4 is 39.9 Å². The molecule has 144 valence electrons. The number of rotatable bonds is 7. The van der Waals surface area contributed by atoms with E-state index in [0.717, 1.165) is 0 Å². The van der Waals surface area contributed by atoms with Crippen LogP contribution in [0.5, 0.6) is 0 Å². The summed E-state index contributed by atoms with van der Waals surface area (Å²) in [4.78, 5) is 39.7. The molecule has 3 rings (SSSR count). The van der Waals surface area contributed by atoms with Gasteiger partial charge in [-0.15, -0.1) is 16.4 Å². The number of hydrogen-bond acceptors (Lipinski definition) is 9. The van der Waals surface area contributed by atoms with Gasteiger partial charge >= 0.3 is 5.97 Å². The normalized spacial score (nSPS) is 10.3. The Morgan fingerprint density at radius 1 is 1.21 bits per heavy atom. The number of ether oxygens (including phenoxy) is 1. The van der Waals surface area contributed by atoms with E-state index in [1.807, 2.05) is 0 Å². The minimum Gasteiger partial charge on any atom is -0.455 e. The number of hydrogen-bond donors (Lipinski definition) is 2. The molecule has 0 unspecified atom stereocenters. The number of tetrazole rings is 1. The fourth-order valence-corrected chi connectivity index (χ4v) is 2.90. The van der Waals surface area contributed by atoms with Crippen molar-refractivity contribution in [2.24, 2.45) is 0 Å². The lowest BCUT2D eigenvalue weighted by atomic mass is 10.2. The van der Waals surface area contributed by atoms with Crippen LogP contribution in [0, 0.1) is 0 Å². The predicted octanol–water partition coefficient (Wildman–Crippen LogP) is 1.08. The Morgan fingerprint density at radius 2 is 2.04 bits per heavy atom. The smallest absolute Gasteiger partial charge is 0.340 e. The largest absolute Gasteiger partial charge is 0.455 e. The summed E-state index contributed by atoms with van der Waals surface area (Å²) in [5.41, 5.74) is 1.01. The molecular formula is C16H15N7O4S. The van der Waals surface area contributed by atoms with Gasteiger partial charge in [0.15, 0.2) is 5.13 Å². The number of nitrogens with one attached hydrogen (secondary N) is 2. The lowest BCUT2D eigenvalue weighted by molar-refractivity contribution is -0.117. The summed E-state index contributed by atoms with van der Waals surface area (Å²) in [6.45, 7) is 1.22. The van der Waals surface area contributed by atoms with Crippen LogP contribution in [0.4, 0.5) is 10.8 Å². The summed E-state index contributed by atoms with van der Waals surface area (Å²) >= 11 is 1.23. The Kier molecular flexibility index (Phi) is 6.01. The van der Waals surface area contributed by atoms with E-state index in [4.69, 9.17) is 4.74 Å². The van der Waals surface area contributed by atoms with E-state index in [-0.39, 0.29) is 24.6 Å². The average molecular weight is 401 g/mol. The van der Waals surface area contributed by atoms with Crippen molar-refractivity contribution < 1.29 is 19.1 Å². The summed E-state index contributed by atoms with van der Waals surface area (Å²) in [6, 6.07) is 6.47. The number of aromatic nitrogens is 5. The highest BCUT2D eigenvalue weighted by Gasteiger charge is 2.16. The van der Waals surface area contributed by atoms with Gasteiger partial charge < -0.3 is 15.4 Å². The van der Waals surface area contributed by atoms with Gasteiger partial charge in [-0.3, -0.25) is 9.59 Å². The molecule has 0 radical (unpaired) electrons. The van der Waals surface area contributed by atoms with Gasteiger partial charge in [-0.05, 0) is 22.6 Å². The van der Waals surface area contributed by atoms with E-state index in [1.165, 1.54) is 29.3 Å².